The molecule has 2 unspecified atom stereocenters. The average Bonchev–Trinajstić information content (AvgIpc) is 2.87. The molecule has 0 saturated heterocycles. The van der Waals surface area contributed by atoms with Crippen LogP contribution in [0.25, 0.3) is 0 Å². The van der Waals surface area contributed by atoms with E-state index in [-0.39, 0.29) is 0 Å². The summed E-state index contributed by atoms with van der Waals surface area (Å²) in [6, 6.07) is 0. The van der Waals surface area contributed by atoms with Gasteiger partial charge in [-0.25, -0.2) is 9.59 Å². The Morgan fingerprint density at radius 2 is 0.500 bits per heavy atom. The standard InChI is InChI=1S/C20H10F26O4/c1-3(9(21,22)11(25,26)13(29,30)15(33,34)17(37,38)19(41,42)43)5(7(47)48)6(8(49)50)4(2)10(23,24)12(27,28)14(31,32)16(35,36)18(39,40)20(44,45)46/h3-4H,1-2H3,(H,47,48)(H,49,50). The molecule has 4 nitrogen and oxygen atoms in total. The van der Waals surface area contributed by atoms with Gasteiger partial charge in [-0.1, -0.05) is 13.8 Å². The lowest BCUT2D eigenvalue weighted by Crippen LogP contribution is -2.71. The van der Waals surface area contributed by atoms with Crippen molar-refractivity contribution in [1.82, 2.24) is 0 Å². The number of alkyl halides is 26. The number of hydrogen-bond acceptors (Lipinski definition) is 2. The number of aliphatic carboxylic acids is 2. The Bertz CT molecular complexity index is 1240. The van der Waals surface area contributed by atoms with E-state index >= 15 is 0 Å². The molecule has 0 radical (unpaired) electrons. The molecular formula is C20H10F26O4. The van der Waals surface area contributed by atoms with Gasteiger partial charge in [-0.3, -0.25) is 0 Å². The van der Waals surface area contributed by atoms with Crippen molar-refractivity contribution >= 4 is 11.9 Å². The predicted octanol–water partition coefficient (Wildman–Crippen LogP) is 9.20. The first-order valence-electron chi connectivity index (χ1n) is 11.3. The molecule has 0 heterocycles. The minimum atomic E-state index is -8.79. The number of carboxylic acid groups (broad SMARTS) is 2. The van der Waals surface area contributed by atoms with E-state index in [0.717, 1.165) is 0 Å². The molecule has 0 fully saturated rings. The summed E-state index contributed by atoms with van der Waals surface area (Å²) in [7, 11) is 0. The fourth-order valence-corrected chi connectivity index (χ4v) is 3.54. The SMILES string of the molecule is CC(C(C(=O)O)=C(C(=O)O)C(C)C(F)(F)C(F)(F)C(F)(F)C(F)(F)C(F)(F)C(F)(F)F)C(F)(F)C(F)(F)C(F)(F)C(F)(F)C(F)(F)C(F)(F)F. The molecule has 0 aliphatic heterocycles. The highest BCUT2D eigenvalue weighted by Gasteiger charge is 2.93. The maximum absolute atomic E-state index is 14.6. The van der Waals surface area contributed by atoms with Crippen LogP contribution >= 0.6 is 0 Å². The zero-order valence-corrected chi connectivity index (χ0v) is 22.7. The topological polar surface area (TPSA) is 74.6 Å². The Morgan fingerprint density at radius 1 is 0.340 bits per heavy atom. The number of rotatable bonds is 14. The molecule has 0 saturated carbocycles. The Kier molecular flexibility index (Phi) is 11.5. The van der Waals surface area contributed by atoms with Crippen molar-refractivity contribution in [3.8, 4) is 0 Å². The number of carboxylic acids is 2. The summed E-state index contributed by atoms with van der Waals surface area (Å²) < 4.78 is 350. The molecule has 2 atom stereocenters. The number of hydrogen-bond donors (Lipinski definition) is 2. The van der Waals surface area contributed by atoms with Crippen molar-refractivity contribution in [1.29, 1.82) is 0 Å². The molecule has 0 rings (SSSR count). The van der Waals surface area contributed by atoms with Gasteiger partial charge in [0.05, 0.1) is 23.0 Å². The molecule has 0 aromatic rings. The average molecular weight is 808 g/mol. The van der Waals surface area contributed by atoms with Gasteiger partial charge in [0.25, 0.3) is 0 Å². The van der Waals surface area contributed by atoms with Crippen LogP contribution in [0.5, 0.6) is 0 Å². The lowest BCUT2D eigenvalue weighted by atomic mass is 9.77. The summed E-state index contributed by atoms with van der Waals surface area (Å²) in [5.41, 5.74) is -7.52. The summed E-state index contributed by atoms with van der Waals surface area (Å²) in [5, 5.41) is 17.9. The fraction of sp³-hybridized carbons (Fsp3) is 0.800. The molecule has 0 aliphatic rings. The Hall–Kier alpha value is -3.14. The third kappa shape index (κ3) is 6.11. The Labute approximate surface area is 255 Å². The minimum absolute atomic E-state index is 1.19. The van der Waals surface area contributed by atoms with Gasteiger partial charge in [0, 0.05) is 0 Å². The molecule has 296 valence electrons. The van der Waals surface area contributed by atoms with Crippen LogP contribution in [0.15, 0.2) is 11.1 Å². The first-order valence-corrected chi connectivity index (χ1v) is 11.3. The monoisotopic (exact) mass is 808 g/mol. The van der Waals surface area contributed by atoms with E-state index in [0.29, 0.717) is 0 Å². The Morgan fingerprint density at radius 3 is 0.640 bits per heavy atom. The zero-order chi connectivity index (χ0) is 41.5. The molecule has 30 heteroatoms. The number of halogens is 26. The van der Waals surface area contributed by atoms with E-state index in [4.69, 9.17) is 10.2 Å². The second-order valence-corrected chi connectivity index (χ2v) is 9.72. The number of carbonyl (C=O) groups is 2. The van der Waals surface area contributed by atoms with Crippen LogP contribution in [0.2, 0.25) is 0 Å². The van der Waals surface area contributed by atoms with Crippen LogP contribution in [-0.2, 0) is 9.59 Å². The van der Waals surface area contributed by atoms with Crippen LogP contribution < -0.4 is 0 Å². The fourth-order valence-electron chi connectivity index (χ4n) is 3.54. The van der Waals surface area contributed by atoms with Crippen molar-refractivity contribution in [2.45, 2.75) is 85.4 Å². The highest BCUT2D eigenvalue weighted by molar-refractivity contribution is 5.99. The summed E-state index contributed by atoms with van der Waals surface area (Å²) >= 11 is 0. The van der Waals surface area contributed by atoms with Gasteiger partial charge in [-0.15, -0.1) is 0 Å². The molecule has 0 amide bonds. The van der Waals surface area contributed by atoms with Crippen molar-refractivity contribution in [3.05, 3.63) is 11.1 Å². The summed E-state index contributed by atoms with van der Waals surface area (Å²) in [6.07, 6.45) is -16.0. The van der Waals surface area contributed by atoms with Crippen LogP contribution in [0.1, 0.15) is 13.8 Å². The molecular weight excluding hydrogens is 798 g/mol. The third-order valence-electron chi connectivity index (χ3n) is 6.62. The summed E-state index contributed by atoms with van der Waals surface area (Å²) in [4.78, 5) is 22.9. The van der Waals surface area contributed by atoms with Crippen LogP contribution in [0.4, 0.5) is 114 Å². The quantitative estimate of drug-likeness (QED) is 0.136. The second-order valence-electron chi connectivity index (χ2n) is 9.72. The lowest BCUT2D eigenvalue weighted by Gasteiger charge is -2.42. The highest BCUT2D eigenvalue weighted by Crippen LogP contribution is 2.64. The van der Waals surface area contributed by atoms with Gasteiger partial charge < -0.3 is 10.2 Å². The molecule has 0 spiro atoms. The van der Waals surface area contributed by atoms with Gasteiger partial charge in [0.1, 0.15) is 0 Å². The van der Waals surface area contributed by atoms with Crippen molar-refractivity contribution in [3.63, 3.8) is 0 Å². The second kappa shape index (κ2) is 12.2. The smallest absolute Gasteiger partial charge is 0.460 e. The van der Waals surface area contributed by atoms with Crippen molar-refractivity contribution in [2.24, 2.45) is 11.8 Å². The largest absolute Gasteiger partial charge is 0.478 e. The van der Waals surface area contributed by atoms with Gasteiger partial charge >= 0.3 is 83.5 Å². The minimum Gasteiger partial charge on any atom is -0.478 e. The van der Waals surface area contributed by atoms with E-state index in [1.165, 1.54) is 0 Å². The summed E-state index contributed by atoms with van der Waals surface area (Å²) in [5.74, 6) is -103. The lowest BCUT2D eigenvalue weighted by molar-refractivity contribution is -0.442. The first-order chi connectivity index (χ1) is 21.2. The zero-order valence-electron chi connectivity index (χ0n) is 22.7. The van der Waals surface area contributed by atoms with Crippen LogP contribution in [-0.4, -0.2) is 93.7 Å². The van der Waals surface area contributed by atoms with E-state index < -0.39 is 120 Å². The van der Waals surface area contributed by atoms with E-state index in [1.54, 1.807) is 0 Å². The molecule has 0 aliphatic carbocycles. The van der Waals surface area contributed by atoms with Gasteiger partial charge in [-0.2, -0.15) is 114 Å². The summed E-state index contributed by atoms with van der Waals surface area (Å²) in [6.45, 7) is -2.38. The maximum atomic E-state index is 14.6. The van der Waals surface area contributed by atoms with Gasteiger partial charge in [0.15, 0.2) is 0 Å². The first kappa shape index (κ1) is 46.9. The van der Waals surface area contributed by atoms with Crippen LogP contribution in [0.3, 0.4) is 0 Å². The highest BCUT2D eigenvalue weighted by atomic mass is 19.4. The maximum Gasteiger partial charge on any atom is 0.460 e. The van der Waals surface area contributed by atoms with Gasteiger partial charge in [-0.05, 0) is 0 Å². The normalized spacial score (nSPS) is 17.7. The van der Waals surface area contributed by atoms with E-state index in [2.05, 4.69) is 0 Å². The predicted molar refractivity (Wildman–Crippen MR) is 102 cm³/mol. The molecule has 0 aromatic carbocycles. The molecule has 0 bridgehead atoms. The van der Waals surface area contributed by atoms with E-state index in [1.807, 2.05) is 0 Å². The molecule has 50 heavy (non-hydrogen) atoms. The van der Waals surface area contributed by atoms with Crippen molar-refractivity contribution in [2.75, 3.05) is 0 Å². The third-order valence-corrected chi connectivity index (χ3v) is 6.62. The Balaban J connectivity index is 7.87. The van der Waals surface area contributed by atoms with Gasteiger partial charge in [0.2, 0.25) is 0 Å². The molecule has 0 aromatic heterocycles. The molecule has 2 N–H and O–H groups in total. The van der Waals surface area contributed by atoms with E-state index in [9.17, 15) is 124 Å². The van der Waals surface area contributed by atoms with Crippen molar-refractivity contribution < 1.29 is 134 Å². The van der Waals surface area contributed by atoms with Crippen LogP contribution in [0, 0.1) is 11.8 Å².